The van der Waals surface area contributed by atoms with Gasteiger partial charge in [0.05, 0.1) is 5.69 Å². The summed E-state index contributed by atoms with van der Waals surface area (Å²) in [6, 6.07) is 2.49. The Labute approximate surface area is 96.0 Å². The Kier molecular flexibility index (Phi) is 2.96. The van der Waals surface area contributed by atoms with Crippen molar-refractivity contribution in [1.82, 2.24) is 0 Å². The first-order valence-corrected chi connectivity index (χ1v) is 5.76. The molecule has 0 radical (unpaired) electrons. The Morgan fingerprint density at radius 2 is 2.00 bits per heavy atom. The molecular formula is C11H12BrF2N. The maximum atomic E-state index is 13.4. The second-order valence-corrected chi connectivity index (χ2v) is 5.02. The summed E-state index contributed by atoms with van der Waals surface area (Å²) < 4.78 is 26.6. The van der Waals surface area contributed by atoms with E-state index in [9.17, 15) is 8.78 Å². The molecule has 0 aliphatic heterocycles. The first-order chi connectivity index (χ1) is 7.06. The Balaban J connectivity index is 2.14. The zero-order valence-corrected chi connectivity index (χ0v) is 9.94. The highest BCUT2D eigenvalue weighted by molar-refractivity contribution is 9.10. The fourth-order valence-electron chi connectivity index (χ4n) is 1.90. The number of hydrogen-bond acceptors (Lipinski definition) is 1. The predicted octanol–water partition coefficient (Wildman–Crippen LogP) is 3.94. The SMILES string of the molecule is CC1CC(Nc2c(F)cc(F)cc2Br)C1. The first kappa shape index (κ1) is 10.9. The second kappa shape index (κ2) is 4.08. The molecule has 1 aromatic carbocycles. The molecule has 0 saturated heterocycles. The van der Waals surface area contributed by atoms with Crippen molar-refractivity contribution in [3.8, 4) is 0 Å². The minimum absolute atomic E-state index is 0.316. The summed E-state index contributed by atoms with van der Waals surface area (Å²) in [7, 11) is 0. The van der Waals surface area contributed by atoms with Gasteiger partial charge in [-0.25, -0.2) is 8.78 Å². The van der Waals surface area contributed by atoms with Crippen LogP contribution >= 0.6 is 15.9 Å². The highest BCUT2D eigenvalue weighted by Crippen LogP contribution is 2.33. The van der Waals surface area contributed by atoms with Crippen LogP contribution in [-0.4, -0.2) is 6.04 Å². The van der Waals surface area contributed by atoms with Crippen LogP contribution in [0.3, 0.4) is 0 Å². The van der Waals surface area contributed by atoms with E-state index in [1.807, 2.05) is 0 Å². The molecule has 0 amide bonds. The van der Waals surface area contributed by atoms with Crippen LogP contribution in [0.1, 0.15) is 19.8 Å². The van der Waals surface area contributed by atoms with Gasteiger partial charge in [0.25, 0.3) is 0 Å². The first-order valence-electron chi connectivity index (χ1n) is 4.97. The van der Waals surface area contributed by atoms with Crippen molar-refractivity contribution < 1.29 is 8.78 Å². The lowest BCUT2D eigenvalue weighted by molar-refractivity contribution is 0.308. The number of nitrogens with one attached hydrogen (secondary N) is 1. The van der Waals surface area contributed by atoms with E-state index < -0.39 is 11.6 Å². The average Bonchev–Trinajstić information content (AvgIpc) is 2.07. The molecule has 1 saturated carbocycles. The van der Waals surface area contributed by atoms with Crippen molar-refractivity contribution in [2.24, 2.45) is 5.92 Å². The minimum atomic E-state index is -0.563. The maximum absolute atomic E-state index is 13.4. The van der Waals surface area contributed by atoms with Crippen molar-refractivity contribution in [2.75, 3.05) is 5.32 Å². The predicted molar refractivity (Wildman–Crippen MR) is 59.9 cm³/mol. The third-order valence-corrected chi connectivity index (χ3v) is 3.35. The number of rotatable bonds is 2. The minimum Gasteiger partial charge on any atom is -0.379 e. The molecule has 1 nitrogen and oxygen atoms in total. The molecule has 15 heavy (non-hydrogen) atoms. The highest BCUT2D eigenvalue weighted by Gasteiger charge is 2.26. The normalized spacial score (nSPS) is 24.8. The molecule has 1 N–H and O–H groups in total. The van der Waals surface area contributed by atoms with Gasteiger partial charge >= 0.3 is 0 Å². The van der Waals surface area contributed by atoms with Crippen LogP contribution in [-0.2, 0) is 0 Å². The molecule has 0 atom stereocenters. The van der Waals surface area contributed by atoms with Gasteiger partial charge in [-0.2, -0.15) is 0 Å². The molecule has 1 fully saturated rings. The zero-order chi connectivity index (χ0) is 11.0. The third kappa shape index (κ3) is 2.30. The molecule has 0 aromatic heterocycles. The van der Waals surface area contributed by atoms with Gasteiger partial charge in [-0.05, 0) is 40.8 Å². The van der Waals surface area contributed by atoms with Crippen LogP contribution in [0.4, 0.5) is 14.5 Å². The topological polar surface area (TPSA) is 12.0 Å². The fraction of sp³-hybridized carbons (Fsp3) is 0.455. The van der Waals surface area contributed by atoms with Crippen LogP contribution in [0, 0.1) is 17.6 Å². The molecule has 1 aromatic rings. The Morgan fingerprint density at radius 1 is 1.33 bits per heavy atom. The van der Waals surface area contributed by atoms with Crippen molar-refractivity contribution in [2.45, 2.75) is 25.8 Å². The van der Waals surface area contributed by atoms with E-state index in [1.54, 1.807) is 0 Å². The molecule has 2 rings (SSSR count). The summed E-state index contributed by atoms with van der Waals surface area (Å²) in [5, 5.41) is 3.08. The van der Waals surface area contributed by atoms with Crippen LogP contribution in [0.2, 0.25) is 0 Å². The van der Waals surface area contributed by atoms with Gasteiger partial charge in [0.15, 0.2) is 0 Å². The molecular weight excluding hydrogens is 264 g/mol. The smallest absolute Gasteiger partial charge is 0.150 e. The number of halogens is 3. The molecule has 82 valence electrons. The summed E-state index contributed by atoms with van der Waals surface area (Å²) in [6.07, 6.45) is 2.09. The molecule has 1 aliphatic rings. The molecule has 0 bridgehead atoms. The van der Waals surface area contributed by atoms with Crippen molar-refractivity contribution >= 4 is 21.6 Å². The monoisotopic (exact) mass is 275 g/mol. The summed E-state index contributed by atoms with van der Waals surface area (Å²) in [5.41, 5.74) is 0.369. The summed E-state index contributed by atoms with van der Waals surface area (Å²) in [4.78, 5) is 0. The summed E-state index contributed by atoms with van der Waals surface area (Å²) in [5.74, 6) is -0.405. The van der Waals surface area contributed by atoms with Gasteiger partial charge in [-0.1, -0.05) is 6.92 Å². The Bertz CT molecular complexity index is 352. The van der Waals surface area contributed by atoms with Gasteiger partial charge < -0.3 is 5.32 Å². The van der Waals surface area contributed by atoms with E-state index in [1.165, 1.54) is 6.07 Å². The average molecular weight is 276 g/mol. The lowest BCUT2D eigenvalue weighted by Crippen LogP contribution is -2.34. The van der Waals surface area contributed by atoms with E-state index in [2.05, 4.69) is 28.2 Å². The Morgan fingerprint density at radius 3 is 2.53 bits per heavy atom. The number of benzene rings is 1. The van der Waals surface area contributed by atoms with E-state index in [0.29, 0.717) is 22.1 Å². The van der Waals surface area contributed by atoms with E-state index >= 15 is 0 Å². The lowest BCUT2D eigenvalue weighted by atomic mass is 9.82. The molecule has 0 heterocycles. The molecule has 0 unspecified atom stereocenters. The zero-order valence-electron chi connectivity index (χ0n) is 8.36. The summed E-state index contributed by atoms with van der Waals surface area (Å²) >= 11 is 3.15. The largest absolute Gasteiger partial charge is 0.379 e. The van der Waals surface area contributed by atoms with Crippen LogP contribution in [0.5, 0.6) is 0 Å². The van der Waals surface area contributed by atoms with E-state index in [-0.39, 0.29) is 0 Å². The quantitative estimate of drug-likeness (QED) is 0.862. The van der Waals surface area contributed by atoms with Crippen LogP contribution in [0.25, 0.3) is 0 Å². The van der Waals surface area contributed by atoms with Crippen LogP contribution in [0.15, 0.2) is 16.6 Å². The summed E-state index contributed by atoms with van der Waals surface area (Å²) in [6.45, 7) is 2.16. The van der Waals surface area contributed by atoms with Crippen molar-refractivity contribution in [3.05, 3.63) is 28.2 Å². The fourth-order valence-corrected chi connectivity index (χ4v) is 2.43. The number of anilines is 1. The van der Waals surface area contributed by atoms with Crippen molar-refractivity contribution in [1.29, 1.82) is 0 Å². The second-order valence-electron chi connectivity index (χ2n) is 4.16. The van der Waals surface area contributed by atoms with Gasteiger partial charge in [-0.15, -0.1) is 0 Å². The molecule has 1 aliphatic carbocycles. The maximum Gasteiger partial charge on any atom is 0.150 e. The Hall–Kier alpha value is -0.640. The van der Waals surface area contributed by atoms with Crippen molar-refractivity contribution in [3.63, 3.8) is 0 Å². The van der Waals surface area contributed by atoms with E-state index in [4.69, 9.17) is 0 Å². The highest BCUT2D eigenvalue weighted by atomic mass is 79.9. The van der Waals surface area contributed by atoms with Gasteiger partial charge in [-0.3, -0.25) is 0 Å². The molecule has 4 heteroatoms. The van der Waals surface area contributed by atoms with Crippen LogP contribution < -0.4 is 5.32 Å². The van der Waals surface area contributed by atoms with E-state index in [0.717, 1.165) is 18.9 Å². The van der Waals surface area contributed by atoms with Gasteiger partial charge in [0.2, 0.25) is 0 Å². The number of hydrogen-bond donors (Lipinski definition) is 1. The lowest BCUT2D eigenvalue weighted by Gasteiger charge is -2.34. The third-order valence-electron chi connectivity index (χ3n) is 2.73. The standard InChI is InChI=1S/C11H12BrF2N/c1-6-2-8(3-6)15-11-9(12)4-7(13)5-10(11)14/h4-6,8,15H,2-3H2,1H3. The molecule has 0 spiro atoms. The van der Waals surface area contributed by atoms with Gasteiger partial charge in [0.1, 0.15) is 11.6 Å². The van der Waals surface area contributed by atoms with Gasteiger partial charge in [0, 0.05) is 16.6 Å².